The van der Waals surface area contributed by atoms with Crippen molar-refractivity contribution in [2.24, 2.45) is 5.92 Å². The molecule has 7 nitrogen and oxygen atoms in total. The first kappa shape index (κ1) is 23.7. The Morgan fingerprint density at radius 1 is 1.06 bits per heavy atom. The lowest BCUT2D eigenvalue weighted by Crippen LogP contribution is -2.39. The molecule has 7 heteroatoms. The van der Waals surface area contributed by atoms with E-state index in [4.69, 9.17) is 9.84 Å². The fourth-order valence-corrected chi connectivity index (χ4v) is 3.76. The summed E-state index contributed by atoms with van der Waals surface area (Å²) in [5.74, 6) is 0.138. The summed E-state index contributed by atoms with van der Waals surface area (Å²) in [6.45, 7) is 6.43. The maximum Gasteiger partial charge on any atom is 0.271 e. The zero-order valence-corrected chi connectivity index (χ0v) is 20.1. The van der Waals surface area contributed by atoms with E-state index in [-0.39, 0.29) is 11.1 Å². The van der Waals surface area contributed by atoms with Crippen LogP contribution < -0.4 is 4.74 Å². The third-order valence-electron chi connectivity index (χ3n) is 5.72. The van der Waals surface area contributed by atoms with Gasteiger partial charge in [-0.1, -0.05) is 32.0 Å². The molecule has 176 valence electrons. The first-order valence-corrected chi connectivity index (χ1v) is 11.3. The number of benzene rings is 2. The number of imide groups is 1. The van der Waals surface area contributed by atoms with Crippen molar-refractivity contribution in [3.63, 3.8) is 0 Å². The highest BCUT2D eigenvalue weighted by Gasteiger charge is 2.33. The molecule has 0 atom stereocenters. The number of hydrogen-bond acceptors (Lipinski definition) is 5. The molecule has 35 heavy (non-hydrogen) atoms. The molecule has 2 heterocycles. The van der Waals surface area contributed by atoms with E-state index in [0.717, 1.165) is 21.9 Å². The molecule has 2 amide bonds. The molecule has 4 rings (SSSR count). The molecule has 1 aliphatic heterocycles. The number of likely N-dealkylation sites (N-methyl/N-ethyl adjacent to an activating group) is 1. The van der Waals surface area contributed by atoms with E-state index >= 15 is 0 Å². The molecule has 0 N–H and O–H groups in total. The minimum atomic E-state index is -0.593. The number of ether oxygens (including phenoxy) is 1. The Bertz CT molecular complexity index is 1370. The number of nitrogens with zero attached hydrogens (tertiary/aromatic N) is 4. The Labute approximate surface area is 204 Å². The van der Waals surface area contributed by atoms with Crippen molar-refractivity contribution in [3.8, 4) is 28.8 Å². The predicted octanol–water partition coefficient (Wildman–Crippen LogP) is 4.80. The maximum atomic E-state index is 13.0. The lowest BCUT2D eigenvalue weighted by Gasteiger charge is -2.23. The average Bonchev–Trinajstić information content (AvgIpc) is 3.29. The molecular weight excluding hydrogens is 440 g/mol. The minimum Gasteiger partial charge on any atom is -0.493 e. The van der Waals surface area contributed by atoms with Gasteiger partial charge in [0.1, 0.15) is 17.4 Å². The van der Waals surface area contributed by atoms with Crippen LogP contribution in [-0.2, 0) is 9.59 Å². The standard InChI is InChI=1S/C28H26N4O3/c1-18(2)17-35-23-12-10-20(11-13-23)26-21(16-32(30-26)22-8-6-5-7-9-22)14-24-19(3)25(15-29)28(34)31(4)27(24)33/h5-14,16,18H,17H2,1-4H3/b24-14+. The van der Waals surface area contributed by atoms with Crippen molar-refractivity contribution in [2.45, 2.75) is 20.8 Å². The van der Waals surface area contributed by atoms with E-state index in [1.165, 1.54) is 7.05 Å². The zero-order valence-electron chi connectivity index (χ0n) is 20.1. The number of hydrogen-bond donors (Lipinski definition) is 0. The zero-order chi connectivity index (χ0) is 25.1. The van der Waals surface area contributed by atoms with Crippen LogP contribution in [0.4, 0.5) is 0 Å². The molecule has 0 saturated carbocycles. The van der Waals surface area contributed by atoms with Gasteiger partial charge in [0.2, 0.25) is 0 Å². The highest BCUT2D eigenvalue weighted by molar-refractivity contribution is 6.19. The van der Waals surface area contributed by atoms with Crippen molar-refractivity contribution >= 4 is 17.9 Å². The summed E-state index contributed by atoms with van der Waals surface area (Å²) in [5, 5.41) is 14.3. The number of aromatic nitrogens is 2. The van der Waals surface area contributed by atoms with E-state index in [2.05, 4.69) is 13.8 Å². The minimum absolute atomic E-state index is 0.0398. The van der Waals surface area contributed by atoms with E-state index in [9.17, 15) is 14.9 Å². The van der Waals surface area contributed by atoms with Crippen LogP contribution in [0, 0.1) is 17.2 Å². The summed E-state index contributed by atoms with van der Waals surface area (Å²) >= 11 is 0. The number of rotatable bonds is 6. The summed E-state index contributed by atoms with van der Waals surface area (Å²) in [5.41, 5.74) is 3.66. The summed E-state index contributed by atoms with van der Waals surface area (Å²) < 4.78 is 7.55. The topological polar surface area (TPSA) is 88.2 Å². The van der Waals surface area contributed by atoms with Crippen LogP contribution in [0.2, 0.25) is 0 Å². The number of carbonyl (C=O) groups excluding carboxylic acids is 2. The molecule has 0 radical (unpaired) electrons. The van der Waals surface area contributed by atoms with E-state index in [0.29, 0.717) is 29.4 Å². The first-order chi connectivity index (χ1) is 16.8. The molecule has 0 spiro atoms. The van der Waals surface area contributed by atoms with Crippen LogP contribution >= 0.6 is 0 Å². The second-order valence-corrected chi connectivity index (χ2v) is 8.78. The van der Waals surface area contributed by atoms with Crippen LogP contribution in [0.15, 0.2) is 77.5 Å². The smallest absolute Gasteiger partial charge is 0.271 e. The van der Waals surface area contributed by atoms with Crippen LogP contribution in [-0.4, -0.2) is 40.1 Å². The van der Waals surface area contributed by atoms with Crippen molar-refractivity contribution in [3.05, 3.63) is 83.1 Å². The summed E-state index contributed by atoms with van der Waals surface area (Å²) in [7, 11) is 1.38. The average molecular weight is 467 g/mol. The van der Waals surface area contributed by atoms with E-state index in [1.807, 2.05) is 66.9 Å². The largest absolute Gasteiger partial charge is 0.493 e. The number of carbonyl (C=O) groups is 2. The number of nitriles is 1. The van der Waals surface area contributed by atoms with Gasteiger partial charge in [0.05, 0.1) is 18.0 Å². The SMILES string of the molecule is CC1=C(C#N)C(=O)N(C)C(=O)/C1=C/c1cn(-c2ccccc2)nc1-c1ccc(OCC(C)C)cc1. The summed E-state index contributed by atoms with van der Waals surface area (Å²) in [6, 6.07) is 19.2. The molecule has 0 saturated heterocycles. The monoisotopic (exact) mass is 466 g/mol. The Morgan fingerprint density at radius 3 is 2.37 bits per heavy atom. The van der Waals surface area contributed by atoms with Gasteiger partial charge in [0, 0.05) is 29.9 Å². The molecule has 0 fully saturated rings. The quantitative estimate of drug-likeness (QED) is 0.385. The van der Waals surface area contributed by atoms with Crippen molar-refractivity contribution < 1.29 is 14.3 Å². The molecule has 1 aromatic heterocycles. The van der Waals surface area contributed by atoms with E-state index in [1.54, 1.807) is 17.7 Å². The second-order valence-electron chi connectivity index (χ2n) is 8.78. The predicted molar refractivity (Wildman–Crippen MR) is 133 cm³/mol. The van der Waals surface area contributed by atoms with Gasteiger partial charge in [-0.2, -0.15) is 10.4 Å². The van der Waals surface area contributed by atoms with Gasteiger partial charge in [-0.15, -0.1) is 0 Å². The highest BCUT2D eigenvalue weighted by atomic mass is 16.5. The number of para-hydroxylation sites is 1. The third-order valence-corrected chi connectivity index (χ3v) is 5.72. The van der Waals surface area contributed by atoms with Crippen LogP contribution in [0.3, 0.4) is 0 Å². The van der Waals surface area contributed by atoms with Gasteiger partial charge in [-0.3, -0.25) is 14.5 Å². The molecule has 0 aliphatic carbocycles. The van der Waals surface area contributed by atoms with Crippen molar-refractivity contribution in [1.29, 1.82) is 5.26 Å². The summed E-state index contributed by atoms with van der Waals surface area (Å²) in [6.07, 6.45) is 3.53. The molecule has 3 aromatic rings. The maximum absolute atomic E-state index is 13.0. The van der Waals surface area contributed by atoms with Crippen LogP contribution in [0.25, 0.3) is 23.0 Å². The lowest BCUT2D eigenvalue weighted by atomic mass is 9.93. The third kappa shape index (κ3) is 4.78. The van der Waals surface area contributed by atoms with Crippen molar-refractivity contribution in [1.82, 2.24) is 14.7 Å². The van der Waals surface area contributed by atoms with Crippen molar-refractivity contribution in [2.75, 3.05) is 13.7 Å². The fourth-order valence-electron chi connectivity index (χ4n) is 3.76. The van der Waals surface area contributed by atoms with Gasteiger partial charge >= 0.3 is 0 Å². The second kappa shape index (κ2) is 9.82. The van der Waals surface area contributed by atoms with E-state index < -0.39 is 11.8 Å². The van der Waals surface area contributed by atoms with Gasteiger partial charge in [-0.05, 0) is 60.9 Å². The lowest BCUT2D eigenvalue weighted by molar-refractivity contribution is -0.138. The normalized spacial score (nSPS) is 15.2. The van der Waals surface area contributed by atoms with Gasteiger partial charge in [0.15, 0.2) is 0 Å². The molecular formula is C28H26N4O3. The Kier molecular flexibility index (Phi) is 6.65. The first-order valence-electron chi connectivity index (χ1n) is 11.3. The van der Waals surface area contributed by atoms with Crippen LogP contribution in [0.1, 0.15) is 26.3 Å². The molecule has 1 aliphatic rings. The molecule has 0 bridgehead atoms. The molecule has 2 aromatic carbocycles. The Hall–Kier alpha value is -4.44. The summed E-state index contributed by atoms with van der Waals surface area (Å²) in [4.78, 5) is 26.3. The number of amides is 2. The Morgan fingerprint density at radius 2 is 1.74 bits per heavy atom. The highest BCUT2D eigenvalue weighted by Crippen LogP contribution is 2.31. The molecule has 0 unspecified atom stereocenters. The van der Waals surface area contributed by atoms with Gasteiger partial charge < -0.3 is 4.74 Å². The Balaban J connectivity index is 1.83. The van der Waals surface area contributed by atoms with Gasteiger partial charge in [0.25, 0.3) is 11.8 Å². The van der Waals surface area contributed by atoms with Gasteiger partial charge in [-0.25, -0.2) is 4.68 Å². The fraction of sp³-hybridized carbons (Fsp3) is 0.214. The van der Waals surface area contributed by atoms with Crippen LogP contribution in [0.5, 0.6) is 5.75 Å².